The van der Waals surface area contributed by atoms with Crippen LogP contribution in [0.1, 0.15) is 0 Å². The maximum atomic E-state index is 11.0. The van der Waals surface area contributed by atoms with Gasteiger partial charge in [-0.05, 0) is 42.0 Å². The largest absolute Gasteiger partial charge is 0.507 e. The maximum absolute atomic E-state index is 11.0. The molecule has 0 atom stereocenters. The Hall–Kier alpha value is -5.30. The number of phenolic OH excluding ortho intramolecular Hbond substituents is 1. The number of rotatable bonds is 5. The van der Waals surface area contributed by atoms with E-state index in [0.717, 1.165) is 44.5 Å². The van der Waals surface area contributed by atoms with Crippen molar-refractivity contribution in [3.63, 3.8) is 0 Å². The summed E-state index contributed by atoms with van der Waals surface area (Å²) in [7, 11) is 0. The molecule has 0 aliphatic rings. The van der Waals surface area contributed by atoms with Crippen molar-refractivity contribution < 1.29 is 26.2 Å². The van der Waals surface area contributed by atoms with E-state index in [1.807, 2.05) is 91.0 Å². The molecule has 0 unspecified atom stereocenters. The van der Waals surface area contributed by atoms with E-state index >= 15 is 0 Å². The predicted octanol–water partition coefficient (Wildman–Crippen LogP) is 9.14. The zero-order valence-electron chi connectivity index (χ0n) is 22.8. The fourth-order valence-electron chi connectivity index (χ4n) is 5.35. The van der Waals surface area contributed by atoms with Crippen LogP contribution in [-0.2, 0) is 21.1 Å². The second-order valence-electron chi connectivity index (χ2n) is 9.82. The average molecular weight is 735 g/mol. The Bertz CT molecular complexity index is 2130. The number of phenols is 1. The second kappa shape index (κ2) is 11.9. The smallest absolute Gasteiger partial charge is 0.262 e. The van der Waals surface area contributed by atoms with Crippen LogP contribution in [0, 0.1) is 12.6 Å². The first-order valence-corrected chi connectivity index (χ1v) is 13.5. The molecule has 7 rings (SSSR count). The van der Waals surface area contributed by atoms with Gasteiger partial charge in [0.05, 0.1) is 28.0 Å². The minimum atomic E-state index is 0. The normalized spacial score (nSPS) is 10.7. The third-order valence-electron chi connectivity index (χ3n) is 7.27. The number of pyridine rings is 1. The molecule has 2 aromatic heterocycles. The molecule has 0 amide bonds. The topological polar surface area (TPSA) is 55.3 Å². The van der Waals surface area contributed by atoms with Crippen LogP contribution >= 0.6 is 0 Å². The molecule has 6 heteroatoms. The summed E-state index contributed by atoms with van der Waals surface area (Å²) in [4.78, 5) is 13.1. The van der Waals surface area contributed by atoms with Gasteiger partial charge in [0.15, 0.2) is 0 Å². The van der Waals surface area contributed by atoms with Crippen LogP contribution in [0.15, 0.2) is 133 Å². The van der Waals surface area contributed by atoms with Gasteiger partial charge in [-0.2, -0.15) is 4.98 Å². The van der Waals surface area contributed by atoms with Crippen LogP contribution < -0.4 is 0 Å². The van der Waals surface area contributed by atoms with Gasteiger partial charge in [-0.1, -0.05) is 96.6 Å². The standard InChI is InChI=1S/C37H23N4O.Pt/c1-38-35-23-11-19-31(39-35)27-15-9-14-26(24-27)29-18-10-21-33-36(29)40-37(30-17-6-8-22-34(30)42)41(33)32-20-7-5-16-28(32)25-12-3-2-4-13-25;/h2-23,42H;/q-1;. The third-order valence-corrected chi connectivity index (χ3v) is 7.27. The van der Waals surface area contributed by atoms with Crippen LogP contribution in [0.2, 0.25) is 0 Å². The third kappa shape index (κ3) is 5.14. The average Bonchev–Trinajstić information content (AvgIpc) is 3.45. The van der Waals surface area contributed by atoms with Crippen LogP contribution in [0.5, 0.6) is 5.75 Å². The Labute approximate surface area is 263 Å². The number of hydrogen-bond donors (Lipinski definition) is 1. The van der Waals surface area contributed by atoms with Crippen molar-refractivity contribution in [1.82, 2.24) is 14.5 Å². The summed E-state index contributed by atoms with van der Waals surface area (Å²) in [5.74, 6) is 1.14. The molecule has 0 fully saturated rings. The zero-order chi connectivity index (χ0) is 28.5. The van der Waals surface area contributed by atoms with Crippen molar-refractivity contribution >= 4 is 16.9 Å². The van der Waals surface area contributed by atoms with E-state index in [-0.39, 0.29) is 26.8 Å². The summed E-state index contributed by atoms with van der Waals surface area (Å²) in [6.45, 7) is 7.34. The quantitative estimate of drug-likeness (QED) is 0.180. The SMILES string of the molecule is [C-]#[N+]c1cccc(-c2[c-]c(-c3cccc4c3nc(-c3ccccc3O)n4-c3ccccc3-c3ccccc3)ccc2)n1.[Pt]. The van der Waals surface area contributed by atoms with Gasteiger partial charge in [-0.3, -0.25) is 4.57 Å². The molecular weight excluding hydrogens is 712 g/mol. The zero-order valence-corrected chi connectivity index (χ0v) is 25.0. The molecule has 0 bridgehead atoms. The molecule has 7 aromatic rings. The molecule has 1 N–H and O–H groups in total. The Morgan fingerprint density at radius 2 is 1.30 bits per heavy atom. The molecule has 0 aliphatic carbocycles. The van der Waals surface area contributed by atoms with Crippen molar-refractivity contribution in [3.05, 3.63) is 151 Å². The van der Waals surface area contributed by atoms with Gasteiger partial charge in [0.1, 0.15) is 11.6 Å². The number of nitrogens with zero attached hydrogens (tertiary/aromatic N) is 4. The van der Waals surface area contributed by atoms with E-state index in [1.54, 1.807) is 12.1 Å². The molecule has 208 valence electrons. The number of benzene rings is 5. The molecule has 43 heavy (non-hydrogen) atoms. The van der Waals surface area contributed by atoms with E-state index in [2.05, 4.69) is 50.8 Å². The van der Waals surface area contributed by atoms with E-state index in [4.69, 9.17) is 11.6 Å². The van der Waals surface area contributed by atoms with Gasteiger partial charge in [-0.15, -0.1) is 29.8 Å². The Kier molecular flexibility index (Phi) is 7.70. The minimum Gasteiger partial charge on any atom is -0.507 e. The van der Waals surface area contributed by atoms with Gasteiger partial charge < -0.3 is 9.95 Å². The summed E-state index contributed by atoms with van der Waals surface area (Å²) in [6, 6.07) is 46.8. The number of para-hydroxylation sites is 3. The predicted molar refractivity (Wildman–Crippen MR) is 167 cm³/mol. The van der Waals surface area contributed by atoms with E-state index in [9.17, 15) is 5.11 Å². The van der Waals surface area contributed by atoms with Crippen molar-refractivity contribution in [1.29, 1.82) is 0 Å². The summed E-state index contributed by atoms with van der Waals surface area (Å²) < 4.78 is 2.13. The van der Waals surface area contributed by atoms with Gasteiger partial charge >= 0.3 is 0 Å². The van der Waals surface area contributed by atoms with Gasteiger partial charge in [0.2, 0.25) is 0 Å². The van der Waals surface area contributed by atoms with Crippen LogP contribution in [0.25, 0.3) is 66.5 Å². The fraction of sp³-hybridized carbons (Fsp3) is 0. The Morgan fingerprint density at radius 1 is 0.628 bits per heavy atom. The molecule has 0 aliphatic heterocycles. The number of hydrogen-bond acceptors (Lipinski definition) is 3. The summed E-state index contributed by atoms with van der Waals surface area (Å²) in [5, 5.41) is 11.0. The van der Waals surface area contributed by atoms with Crippen molar-refractivity contribution in [2.45, 2.75) is 0 Å². The van der Waals surface area contributed by atoms with E-state index < -0.39 is 0 Å². The van der Waals surface area contributed by atoms with Gasteiger partial charge in [-0.25, -0.2) is 4.98 Å². The van der Waals surface area contributed by atoms with Crippen LogP contribution in [-0.4, -0.2) is 19.6 Å². The number of fused-ring (bicyclic) bond motifs is 1. The number of imidazole rings is 1. The second-order valence-corrected chi connectivity index (χ2v) is 9.82. The minimum absolute atomic E-state index is 0. The monoisotopic (exact) mass is 734 g/mol. The molecule has 0 saturated heterocycles. The van der Waals surface area contributed by atoms with E-state index in [0.29, 0.717) is 22.9 Å². The van der Waals surface area contributed by atoms with Crippen LogP contribution in [0.3, 0.4) is 0 Å². The molecule has 0 radical (unpaired) electrons. The van der Waals surface area contributed by atoms with Crippen molar-refractivity contribution in [2.75, 3.05) is 0 Å². The Balaban J connectivity index is 0.00000329. The fourth-order valence-corrected chi connectivity index (χ4v) is 5.35. The van der Waals surface area contributed by atoms with Crippen molar-refractivity contribution in [2.24, 2.45) is 0 Å². The van der Waals surface area contributed by atoms with Crippen LogP contribution in [0.4, 0.5) is 5.82 Å². The maximum Gasteiger partial charge on any atom is 0.262 e. The summed E-state index contributed by atoms with van der Waals surface area (Å²) in [6.07, 6.45) is 0. The number of aromatic nitrogens is 3. The van der Waals surface area contributed by atoms with E-state index in [1.165, 1.54) is 0 Å². The first-order valence-electron chi connectivity index (χ1n) is 13.5. The summed E-state index contributed by atoms with van der Waals surface area (Å²) >= 11 is 0. The first-order chi connectivity index (χ1) is 20.7. The first kappa shape index (κ1) is 27.8. The molecule has 5 aromatic carbocycles. The summed E-state index contributed by atoms with van der Waals surface area (Å²) in [5.41, 5.74) is 8.68. The molecule has 5 nitrogen and oxygen atoms in total. The number of aromatic hydroxyl groups is 1. The molecule has 0 spiro atoms. The molecule has 2 heterocycles. The Morgan fingerprint density at radius 3 is 2.12 bits per heavy atom. The van der Waals surface area contributed by atoms with Crippen molar-refractivity contribution in [3.8, 4) is 56.3 Å². The van der Waals surface area contributed by atoms with Gasteiger partial charge in [0, 0.05) is 26.6 Å². The van der Waals surface area contributed by atoms with Gasteiger partial charge in [0.25, 0.3) is 5.82 Å². The molecule has 0 saturated carbocycles. The molecular formula is C37H23N4OPt-.